The molecular weight excluding hydrogens is 380 g/mol. The molecule has 1 unspecified atom stereocenters. The highest BCUT2D eigenvalue weighted by molar-refractivity contribution is 5.94. The third-order valence-electron chi connectivity index (χ3n) is 6.77. The molecule has 0 N–H and O–H groups in total. The number of carbonyl (C=O) groups excluding carboxylic acids is 2. The second-order valence-electron chi connectivity index (χ2n) is 8.53. The number of amides is 3. The van der Waals surface area contributed by atoms with Crippen molar-refractivity contribution in [1.82, 2.24) is 14.7 Å². The van der Waals surface area contributed by atoms with Crippen LogP contribution in [0.25, 0.3) is 0 Å². The first-order valence-corrected chi connectivity index (χ1v) is 11.4. The van der Waals surface area contributed by atoms with Crippen molar-refractivity contribution in [2.24, 2.45) is 5.92 Å². The minimum Gasteiger partial charge on any atom is -0.486 e. The maximum Gasteiger partial charge on any atom is 0.324 e. The number of carbonyl (C=O) groups is 2. The zero-order valence-electron chi connectivity index (χ0n) is 18.3. The number of fused-ring (bicyclic) bond motifs is 1. The van der Waals surface area contributed by atoms with Gasteiger partial charge < -0.3 is 19.4 Å². The summed E-state index contributed by atoms with van der Waals surface area (Å²) in [7, 11) is 0. The molecular formula is C23H34N4O3. The summed E-state index contributed by atoms with van der Waals surface area (Å²) in [5, 5.41) is 0. The van der Waals surface area contributed by atoms with Gasteiger partial charge in [0.15, 0.2) is 0 Å². The molecule has 2 saturated heterocycles. The van der Waals surface area contributed by atoms with Gasteiger partial charge in [0.2, 0.25) is 5.91 Å². The van der Waals surface area contributed by atoms with E-state index < -0.39 is 0 Å². The van der Waals surface area contributed by atoms with Gasteiger partial charge in [0, 0.05) is 45.2 Å². The summed E-state index contributed by atoms with van der Waals surface area (Å²) in [6.45, 7) is 10.7. The molecule has 7 nitrogen and oxygen atoms in total. The Morgan fingerprint density at radius 3 is 2.33 bits per heavy atom. The Hall–Kier alpha value is -2.28. The molecule has 30 heavy (non-hydrogen) atoms. The van der Waals surface area contributed by atoms with Crippen LogP contribution >= 0.6 is 0 Å². The molecule has 0 aliphatic carbocycles. The Labute approximate surface area is 179 Å². The average molecular weight is 415 g/mol. The molecule has 3 aliphatic rings. The van der Waals surface area contributed by atoms with Gasteiger partial charge in [0.05, 0.1) is 12.2 Å². The molecule has 0 radical (unpaired) electrons. The van der Waals surface area contributed by atoms with E-state index in [-0.39, 0.29) is 24.0 Å². The van der Waals surface area contributed by atoms with Crippen LogP contribution in [0.4, 0.5) is 10.5 Å². The minimum atomic E-state index is 0.0183. The van der Waals surface area contributed by atoms with Gasteiger partial charge in [-0.15, -0.1) is 0 Å². The van der Waals surface area contributed by atoms with Crippen molar-refractivity contribution in [2.45, 2.75) is 39.2 Å². The zero-order chi connectivity index (χ0) is 21.1. The Bertz CT molecular complexity index is 755. The van der Waals surface area contributed by atoms with Crippen molar-refractivity contribution in [1.29, 1.82) is 0 Å². The molecule has 3 aliphatic heterocycles. The highest BCUT2D eigenvalue weighted by Crippen LogP contribution is 2.35. The molecule has 4 rings (SSSR count). The molecule has 7 heteroatoms. The molecule has 1 aromatic carbocycles. The number of urea groups is 1. The van der Waals surface area contributed by atoms with Gasteiger partial charge in [-0.3, -0.25) is 9.69 Å². The van der Waals surface area contributed by atoms with Gasteiger partial charge in [-0.05, 0) is 37.9 Å². The van der Waals surface area contributed by atoms with Crippen LogP contribution in [0.3, 0.4) is 0 Å². The van der Waals surface area contributed by atoms with E-state index in [2.05, 4.69) is 18.7 Å². The van der Waals surface area contributed by atoms with E-state index in [1.165, 1.54) is 0 Å². The highest BCUT2D eigenvalue weighted by atomic mass is 16.5. The number of rotatable bonds is 3. The van der Waals surface area contributed by atoms with Gasteiger partial charge in [0.1, 0.15) is 11.9 Å². The van der Waals surface area contributed by atoms with Crippen LogP contribution in [-0.4, -0.2) is 85.1 Å². The fourth-order valence-corrected chi connectivity index (χ4v) is 4.72. The lowest BCUT2D eigenvalue weighted by Gasteiger charge is -2.41. The smallest absolute Gasteiger partial charge is 0.324 e. The second kappa shape index (κ2) is 9.25. The lowest BCUT2D eigenvalue weighted by atomic mass is 9.95. The van der Waals surface area contributed by atoms with Crippen LogP contribution in [0.1, 0.15) is 33.1 Å². The molecule has 0 saturated carbocycles. The first kappa shape index (κ1) is 21.0. The summed E-state index contributed by atoms with van der Waals surface area (Å²) in [6, 6.07) is 7.80. The Balaban J connectivity index is 1.35. The van der Waals surface area contributed by atoms with Crippen molar-refractivity contribution >= 4 is 17.6 Å². The average Bonchev–Trinajstić information content (AvgIpc) is 2.82. The highest BCUT2D eigenvalue weighted by Gasteiger charge is 2.35. The zero-order valence-corrected chi connectivity index (χ0v) is 18.3. The fraction of sp³-hybridized carbons (Fsp3) is 0.652. The summed E-state index contributed by atoms with van der Waals surface area (Å²) in [5.41, 5.74) is 0.846. The summed E-state index contributed by atoms with van der Waals surface area (Å²) < 4.78 is 6.01. The Morgan fingerprint density at radius 2 is 1.67 bits per heavy atom. The number of piperidine rings is 1. The predicted molar refractivity (Wildman–Crippen MR) is 117 cm³/mol. The van der Waals surface area contributed by atoms with Crippen LogP contribution in [0, 0.1) is 5.92 Å². The Morgan fingerprint density at radius 1 is 0.967 bits per heavy atom. The molecule has 164 valence electrons. The standard InChI is InChI=1S/C23H34N4O3/c1-3-19-17-27(20-7-5-6-8-21(20)30-19)23(29)26-11-9-18(10-12-26)22(28)25-15-13-24(4-2)14-16-25/h5-8,18-19H,3-4,9-17H2,1-2H3. The molecule has 0 bridgehead atoms. The van der Waals surface area contributed by atoms with Gasteiger partial charge in [-0.1, -0.05) is 26.0 Å². The van der Waals surface area contributed by atoms with E-state index >= 15 is 0 Å². The van der Waals surface area contributed by atoms with Gasteiger partial charge in [-0.2, -0.15) is 0 Å². The molecule has 1 atom stereocenters. The number of anilines is 1. The maximum atomic E-state index is 13.3. The lowest BCUT2D eigenvalue weighted by Crippen LogP contribution is -2.54. The number of benzene rings is 1. The number of hydrogen-bond acceptors (Lipinski definition) is 4. The van der Waals surface area contributed by atoms with E-state index in [9.17, 15) is 9.59 Å². The molecule has 3 heterocycles. The number of ether oxygens (including phenoxy) is 1. The van der Waals surface area contributed by atoms with Gasteiger partial charge in [-0.25, -0.2) is 4.79 Å². The number of likely N-dealkylation sites (N-methyl/N-ethyl adjacent to an activating group) is 1. The van der Waals surface area contributed by atoms with Crippen LogP contribution in [0.2, 0.25) is 0 Å². The monoisotopic (exact) mass is 414 g/mol. The van der Waals surface area contributed by atoms with E-state index in [0.29, 0.717) is 19.6 Å². The lowest BCUT2D eigenvalue weighted by molar-refractivity contribution is -0.138. The van der Waals surface area contributed by atoms with Crippen LogP contribution in [-0.2, 0) is 4.79 Å². The summed E-state index contributed by atoms with van der Waals surface area (Å²) in [5.74, 6) is 1.10. The number of piperazine rings is 1. The van der Waals surface area contributed by atoms with Crippen molar-refractivity contribution < 1.29 is 14.3 Å². The molecule has 2 fully saturated rings. The second-order valence-corrected chi connectivity index (χ2v) is 8.53. The first-order valence-electron chi connectivity index (χ1n) is 11.4. The number of likely N-dealkylation sites (tertiary alicyclic amines) is 1. The largest absolute Gasteiger partial charge is 0.486 e. The Kier molecular flexibility index (Phi) is 6.46. The van der Waals surface area contributed by atoms with Crippen molar-refractivity contribution in [3.63, 3.8) is 0 Å². The molecule has 1 aromatic rings. The normalized spacial score (nSPS) is 23.1. The number of nitrogens with zero attached hydrogens (tertiary/aromatic N) is 4. The molecule has 0 spiro atoms. The van der Waals surface area contributed by atoms with Crippen LogP contribution in [0.5, 0.6) is 5.75 Å². The van der Waals surface area contributed by atoms with E-state index in [4.69, 9.17) is 4.74 Å². The minimum absolute atomic E-state index is 0.0183. The number of para-hydroxylation sites is 2. The summed E-state index contributed by atoms with van der Waals surface area (Å²) in [6.07, 6.45) is 2.38. The molecule has 3 amide bonds. The quantitative estimate of drug-likeness (QED) is 0.763. The molecule has 0 aromatic heterocycles. The van der Waals surface area contributed by atoms with Crippen molar-refractivity contribution in [3.8, 4) is 5.75 Å². The van der Waals surface area contributed by atoms with E-state index in [1.807, 2.05) is 39.0 Å². The van der Waals surface area contributed by atoms with E-state index in [0.717, 1.165) is 63.4 Å². The first-order chi connectivity index (χ1) is 14.6. The van der Waals surface area contributed by atoms with Crippen LogP contribution in [0.15, 0.2) is 24.3 Å². The SMILES string of the molecule is CCC1CN(C(=O)N2CCC(C(=O)N3CCN(CC)CC3)CC2)c2ccccc2O1. The summed E-state index contributed by atoms with van der Waals surface area (Å²) in [4.78, 5) is 34.4. The third kappa shape index (κ3) is 4.26. The van der Waals surface area contributed by atoms with Crippen LogP contribution < -0.4 is 9.64 Å². The van der Waals surface area contributed by atoms with Crippen molar-refractivity contribution in [2.75, 3.05) is 57.3 Å². The van der Waals surface area contributed by atoms with Gasteiger partial charge >= 0.3 is 6.03 Å². The van der Waals surface area contributed by atoms with Gasteiger partial charge in [0.25, 0.3) is 0 Å². The maximum absolute atomic E-state index is 13.3. The fourth-order valence-electron chi connectivity index (χ4n) is 4.72. The topological polar surface area (TPSA) is 56.3 Å². The number of hydrogen-bond donors (Lipinski definition) is 0. The predicted octanol–water partition coefficient (Wildman–Crippen LogP) is 2.66. The third-order valence-corrected chi connectivity index (χ3v) is 6.77. The van der Waals surface area contributed by atoms with E-state index in [1.54, 1.807) is 0 Å². The summed E-state index contributed by atoms with van der Waals surface area (Å²) >= 11 is 0. The van der Waals surface area contributed by atoms with Crippen molar-refractivity contribution in [3.05, 3.63) is 24.3 Å².